The Labute approximate surface area is 70.8 Å². The van der Waals surface area contributed by atoms with E-state index < -0.39 is 0 Å². The minimum absolute atomic E-state index is 0.639. The molecule has 62 valence electrons. The zero-order valence-electron chi connectivity index (χ0n) is 6.91. The maximum atomic E-state index is 9.06. The second-order valence-corrected chi connectivity index (χ2v) is 2.29. The number of ether oxygens (including phenoxy) is 1. The minimum Gasteiger partial charge on any atom is -0.496 e. The Balaban J connectivity index is 0.000000157. The summed E-state index contributed by atoms with van der Waals surface area (Å²) in [4.78, 5) is 9.06. The van der Waals surface area contributed by atoms with Crippen LogP contribution in [0.1, 0.15) is 0 Å². The summed E-state index contributed by atoms with van der Waals surface area (Å²) in [5.41, 5.74) is 0. The van der Waals surface area contributed by atoms with Crippen LogP contribution in [0.2, 0.25) is 0 Å². The van der Waals surface area contributed by atoms with Gasteiger partial charge in [0.05, 0.1) is 7.11 Å². The molecule has 0 amide bonds. The number of aldehydes is 1. The lowest BCUT2D eigenvalue weighted by Crippen LogP contribution is -1.92. The van der Waals surface area contributed by atoms with E-state index in [0.29, 0.717) is 6.29 Å². The maximum absolute atomic E-state index is 9.06. The van der Waals surface area contributed by atoms with E-state index in [1.54, 1.807) is 7.11 Å². The zero-order chi connectivity index (χ0) is 8.97. The third-order valence-electron chi connectivity index (χ3n) is 1.61. The van der Waals surface area contributed by atoms with Gasteiger partial charge < -0.3 is 4.74 Å². The van der Waals surface area contributed by atoms with E-state index in [1.165, 1.54) is 16.5 Å². The Morgan fingerprint density at radius 3 is 2.25 bits per heavy atom. The lowest BCUT2D eigenvalue weighted by atomic mass is 10.1. The molecular formula is C10H10O2. The molecule has 2 heteroatoms. The van der Waals surface area contributed by atoms with Gasteiger partial charge in [0.2, 0.25) is 0 Å². The van der Waals surface area contributed by atoms with Crippen LogP contribution in [0.15, 0.2) is 30.9 Å². The van der Waals surface area contributed by atoms with Crippen LogP contribution in [0, 0.1) is 10.4 Å². The summed E-state index contributed by atoms with van der Waals surface area (Å²) >= 11 is 0. The summed E-state index contributed by atoms with van der Waals surface area (Å²) in [7, 11) is 1.70. The van der Waals surface area contributed by atoms with Crippen LogP contribution in [-0.2, 0) is 4.79 Å². The SMILES string of the molecule is C=CC=O.COc1cc2ccc1=2. The Morgan fingerprint density at radius 2 is 2.17 bits per heavy atom. The Hall–Kier alpha value is -1.57. The molecule has 0 N–H and O–H groups in total. The van der Waals surface area contributed by atoms with Crippen molar-refractivity contribution in [3.8, 4) is 5.75 Å². The van der Waals surface area contributed by atoms with Gasteiger partial charge in [0.15, 0.2) is 0 Å². The second-order valence-electron chi connectivity index (χ2n) is 2.29. The Morgan fingerprint density at radius 1 is 1.50 bits per heavy atom. The normalized spacial score (nSPS) is 9.08. The van der Waals surface area contributed by atoms with E-state index in [-0.39, 0.29) is 0 Å². The van der Waals surface area contributed by atoms with Crippen LogP contribution in [0.5, 0.6) is 5.75 Å². The fourth-order valence-electron chi connectivity index (χ4n) is 0.923. The molecule has 0 aromatic rings. The van der Waals surface area contributed by atoms with Crippen molar-refractivity contribution in [2.24, 2.45) is 0 Å². The van der Waals surface area contributed by atoms with Crippen LogP contribution >= 0.6 is 0 Å². The van der Waals surface area contributed by atoms with Gasteiger partial charge in [0.25, 0.3) is 0 Å². The van der Waals surface area contributed by atoms with Gasteiger partial charge >= 0.3 is 0 Å². The van der Waals surface area contributed by atoms with E-state index in [4.69, 9.17) is 9.53 Å². The molecule has 0 unspecified atom stereocenters. The molecule has 0 radical (unpaired) electrons. The summed E-state index contributed by atoms with van der Waals surface area (Å²) in [6.45, 7) is 3.11. The summed E-state index contributed by atoms with van der Waals surface area (Å²) in [5.74, 6) is 1.03. The summed E-state index contributed by atoms with van der Waals surface area (Å²) in [6, 6.07) is 6.18. The fourth-order valence-corrected chi connectivity index (χ4v) is 0.923. The quantitative estimate of drug-likeness (QED) is 0.496. The summed E-state index contributed by atoms with van der Waals surface area (Å²) in [6.07, 6.45) is 1.83. The highest BCUT2D eigenvalue weighted by atomic mass is 16.5. The van der Waals surface area contributed by atoms with E-state index in [1.807, 2.05) is 6.07 Å². The van der Waals surface area contributed by atoms with Crippen molar-refractivity contribution in [1.29, 1.82) is 0 Å². The number of hydrogen-bond acceptors (Lipinski definition) is 2. The van der Waals surface area contributed by atoms with Gasteiger partial charge in [-0.25, -0.2) is 0 Å². The highest BCUT2D eigenvalue weighted by Crippen LogP contribution is 2.22. The fraction of sp³-hybridized carbons (Fsp3) is 0.100. The summed E-state index contributed by atoms with van der Waals surface area (Å²) in [5, 5.41) is 2.62. The van der Waals surface area contributed by atoms with Gasteiger partial charge in [-0.3, -0.25) is 4.79 Å². The standard InChI is InChI=1S/C7H6O.C3H4O/c1-8-7-4-5-2-3-6(5)7;1-2-3-4/h2-4H,1H3;2-3H,1H2. The van der Waals surface area contributed by atoms with E-state index in [2.05, 4.69) is 18.7 Å². The predicted octanol–water partition coefficient (Wildman–Crippen LogP) is 1.67. The van der Waals surface area contributed by atoms with Crippen molar-refractivity contribution in [1.82, 2.24) is 0 Å². The van der Waals surface area contributed by atoms with Crippen LogP contribution in [-0.4, -0.2) is 13.4 Å². The molecule has 12 heavy (non-hydrogen) atoms. The highest BCUT2D eigenvalue weighted by Gasteiger charge is 2.03. The number of hydrogen-bond donors (Lipinski definition) is 0. The molecule has 0 spiro atoms. The lowest BCUT2D eigenvalue weighted by Gasteiger charge is -2.08. The molecule has 0 fully saturated rings. The first-order chi connectivity index (χ1) is 5.83. The largest absolute Gasteiger partial charge is 0.496 e. The van der Waals surface area contributed by atoms with Gasteiger partial charge in [-0.05, 0) is 17.4 Å². The van der Waals surface area contributed by atoms with Gasteiger partial charge in [-0.2, -0.15) is 0 Å². The molecule has 0 atom stereocenters. The number of rotatable bonds is 2. The maximum Gasteiger partial charge on any atom is 0.142 e. The number of methoxy groups -OCH3 is 1. The average Bonchev–Trinajstić information content (AvgIpc) is 2.10. The number of benzene rings is 1. The highest BCUT2D eigenvalue weighted by molar-refractivity contribution is 5.63. The van der Waals surface area contributed by atoms with Gasteiger partial charge in [-0.1, -0.05) is 18.7 Å². The molecule has 2 aliphatic rings. The summed E-state index contributed by atoms with van der Waals surface area (Å²) < 4.78 is 4.97. The molecule has 0 saturated carbocycles. The van der Waals surface area contributed by atoms with Crippen molar-refractivity contribution < 1.29 is 9.53 Å². The number of carbonyl (C=O) groups excluding carboxylic acids is 1. The molecule has 0 heterocycles. The molecule has 2 nitrogen and oxygen atoms in total. The molecule has 0 aromatic carbocycles. The smallest absolute Gasteiger partial charge is 0.142 e. The lowest BCUT2D eigenvalue weighted by molar-refractivity contribution is -0.104. The van der Waals surface area contributed by atoms with Crippen LogP contribution < -0.4 is 4.74 Å². The third kappa shape index (κ3) is 1.37. The van der Waals surface area contributed by atoms with E-state index >= 15 is 0 Å². The number of allylic oxidation sites excluding steroid dienone is 1. The first-order valence-electron chi connectivity index (χ1n) is 3.58. The first-order valence-corrected chi connectivity index (χ1v) is 3.58. The topological polar surface area (TPSA) is 26.3 Å². The Bertz CT molecular complexity index is 373. The molecule has 2 aliphatic carbocycles. The first kappa shape index (κ1) is 8.53. The molecule has 0 bridgehead atoms. The monoisotopic (exact) mass is 162 g/mol. The van der Waals surface area contributed by atoms with Crippen LogP contribution in [0.25, 0.3) is 0 Å². The van der Waals surface area contributed by atoms with E-state index in [9.17, 15) is 0 Å². The van der Waals surface area contributed by atoms with Crippen molar-refractivity contribution in [3.05, 3.63) is 41.3 Å². The van der Waals surface area contributed by atoms with Crippen molar-refractivity contribution in [2.75, 3.05) is 7.11 Å². The van der Waals surface area contributed by atoms with Crippen molar-refractivity contribution >= 4 is 6.29 Å². The van der Waals surface area contributed by atoms with Crippen molar-refractivity contribution in [2.45, 2.75) is 0 Å². The second kappa shape index (κ2) is 3.72. The average molecular weight is 162 g/mol. The molecular weight excluding hydrogens is 152 g/mol. The zero-order valence-corrected chi connectivity index (χ0v) is 6.91. The van der Waals surface area contributed by atoms with E-state index in [0.717, 1.165) is 5.75 Å². The molecule has 0 aromatic heterocycles. The minimum atomic E-state index is 0.639. The van der Waals surface area contributed by atoms with Crippen molar-refractivity contribution in [3.63, 3.8) is 0 Å². The molecule has 2 rings (SSSR count). The van der Waals surface area contributed by atoms with Crippen LogP contribution in [0.3, 0.4) is 0 Å². The third-order valence-corrected chi connectivity index (χ3v) is 1.61. The van der Waals surface area contributed by atoms with Gasteiger partial charge in [0, 0.05) is 5.22 Å². The Kier molecular flexibility index (Phi) is 2.64. The van der Waals surface area contributed by atoms with Gasteiger partial charge in [0.1, 0.15) is 12.0 Å². The molecule has 0 saturated heterocycles. The number of carbonyl (C=O) groups is 1. The molecule has 0 aliphatic heterocycles. The van der Waals surface area contributed by atoms with Gasteiger partial charge in [-0.15, -0.1) is 0 Å². The van der Waals surface area contributed by atoms with Crippen LogP contribution in [0.4, 0.5) is 0 Å². The predicted molar refractivity (Wildman–Crippen MR) is 46.9 cm³/mol.